The van der Waals surface area contributed by atoms with E-state index < -0.39 is 5.60 Å². The first-order chi connectivity index (χ1) is 17.6. The molecule has 0 spiro atoms. The Bertz CT molecular complexity index is 1570. The highest BCUT2D eigenvalue weighted by molar-refractivity contribution is 5.97. The molecule has 1 fully saturated rings. The first-order valence-electron chi connectivity index (χ1n) is 13.0. The van der Waals surface area contributed by atoms with Crippen LogP contribution in [0.15, 0.2) is 42.4 Å². The lowest BCUT2D eigenvalue weighted by molar-refractivity contribution is 0.0741. The van der Waals surface area contributed by atoms with Crippen LogP contribution in [0.2, 0.25) is 0 Å². The third kappa shape index (κ3) is 4.07. The van der Waals surface area contributed by atoms with Crippen LogP contribution in [-0.4, -0.2) is 46.5 Å². The van der Waals surface area contributed by atoms with E-state index in [9.17, 15) is 9.90 Å². The molecular formula is C28H33N7O2. The van der Waals surface area contributed by atoms with Gasteiger partial charge in [-0.25, -0.2) is 15.0 Å². The molecule has 9 nitrogen and oxygen atoms in total. The van der Waals surface area contributed by atoms with E-state index in [1.165, 1.54) is 12.8 Å². The molecule has 0 aromatic carbocycles. The average molecular weight is 500 g/mol. The van der Waals surface area contributed by atoms with Crippen molar-refractivity contribution in [2.24, 2.45) is 24.6 Å². The predicted octanol–water partition coefficient (Wildman–Crippen LogP) is 3.90. The van der Waals surface area contributed by atoms with Crippen LogP contribution in [-0.2, 0) is 19.2 Å². The first kappa shape index (κ1) is 23.7. The van der Waals surface area contributed by atoms with Crippen LogP contribution in [0.1, 0.15) is 56.1 Å². The van der Waals surface area contributed by atoms with Crippen molar-refractivity contribution in [2.45, 2.75) is 52.2 Å². The van der Waals surface area contributed by atoms with Crippen LogP contribution < -0.4 is 5.73 Å². The monoisotopic (exact) mass is 499 g/mol. The summed E-state index contributed by atoms with van der Waals surface area (Å²) in [4.78, 5) is 29.3. The van der Waals surface area contributed by atoms with Crippen molar-refractivity contribution in [3.8, 4) is 11.5 Å². The molecule has 1 atom stereocenters. The normalized spacial score (nSPS) is 18.2. The number of carbonyl (C=O) groups excluding carboxylic acids is 1. The molecule has 1 saturated carbocycles. The summed E-state index contributed by atoms with van der Waals surface area (Å²) < 4.78 is 4.19. The second kappa shape index (κ2) is 8.41. The third-order valence-electron chi connectivity index (χ3n) is 7.64. The van der Waals surface area contributed by atoms with Gasteiger partial charge >= 0.3 is 0 Å². The Morgan fingerprint density at radius 3 is 2.65 bits per heavy atom. The van der Waals surface area contributed by atoms with Gasteiger partial charge in [0.1, 0.15) is 16.8 Å². The highest BCUT2D eigenvalue weighted by atomic mass is 16.3. The number of amides is 1. The number of hydrogen-bond donors (Lipinski definition) is 2. The van der Waals surface area contributed by atoms with E-state index in [1.54, 1.807) is 31.1 Å². The number of rotatable bonds is 6. The van der Waals surface area contributed by atoms with Crippen molar-refractivity contribution in [2.75, 3.05) is 6.54 Å². The maximum absolute atomic E-state index is 13.2. The Morgan fingerprint density at radius 1 is 1.19 bits per heavy atom. The first-order valence-corrected chi connectivity index (χ1v) is 13.0. The fraction of sp³-hybridized carbons (Fsp3) is 0.429. The maximum Gasteiger partial charge on any atom is 0.259 e. The second-order valence-corrected chi connectivity index (χ2v) is 11.0. The molecule has 6 rings (SSSR count). The number of imidazole rings is 1. The molecule has 9 heteroatoms. The summed E-state index contributed by atoms with van der Waals surface area (Å²) in [6.45, 7) is 7.02. The molecule has 37 heavy (non-hydrogen) atoms. The number of aliphatic hydroxyl groups is 1. The quantitative estimate of drug-likeness (QED) is 0.416. The SMILES string of the molecule is CC[C@@H]1CN(C(=O)c2cnc3c(c2)nc(-c2cc4ccc(C(C)(C)O)nc4n2CC2CC2)n3C)C=C1N. The van der Waals surface area contributed by atoms with Crippen molar-refractivity contribution in [3.63, 3.8) is 0 Å². The van der Waals surface area contributed by atoms with Gasteiger partial charge in [-0.2, -0.15) is 0 Å². The summed E-state index contributed by atoms with van der Waals surface area (Å²) in [5, 5.41) is 11.6. The zero-order chi connectivity index (χ0) is 26.1. The molecular weight excluding hydrogens is 466 g/mol. The minimum Gasteiger partial charge on any atom is -0.401 e. The van der Waals surface area contributed by atoms with Crippen LogP contribution in [0, 0.1) is 11.8 Å². The molecule has 4 aromatic heterocycles. The molecule has 192 valence electrons. The molecule has 1 aliphatic carbocycles. The molecule has 1 amide bonds. The number of aryl methyl sites for hydroxylation is 1. The Balaban J connectivity index is 1.42. The summed E-state index contributed by atoms with van der Waals surface area (Å²) in [5.41, 5.74) is 10.1. The molecule has 3 N–H and O–H groups in total. The van der Waals surface area contributed by atoms with Crippen LogP contribution in [0.25, 0.3) is 33.7 Å². The Hall–Kier alpha value is -3.72. The van der Waals surface area contributed by atoms with Gasteiger partial charge in [0.25, 0.3) is 5.91 Å². The van der Waals surface area contributed by atoms with Gasteiger partial charge in [0.05, 0.1) is 17.0 Å². The molecule has 5 heterocycles. The number of carbonyl (C=O) groups is 1. The van der Waals surface area contributed by atoms with Crippen LogP contribution >= 0.6 is 0 Å². The van der Waals surface area contributed by atoms with Crippen LogP contribution in [0.5, 0.6) is 0 Å². The number of nitrogens with two attached hydrogens (primary N) is 1. The topological polar surface area (TPSA) is 115 Å². The van der Waals surface area contributed by atoms with Gasteiger partial charge < -0.3 is 24.9 Å². The van der Waals surface area contributed by atoms with E-state index in [2.05, 4.69) is 22.5 Å². The highest BCUT2D eigenvalue weighted by Crippen LogP contribution is 2.36. The number of hydrogen-bond acceptors (Lipinski definition) is 6. The van der Waals surface area contributed by atoms with Crippen molar-refractivity contribution in [1.82, 2.24) is 29.0 Å². The lowest BCUT2D eigenvalue weighted by Crippen LogP contribution is -2.26. The van der Waals surface area contributed by atoms with Gasteiger partial charge in [0, 0.05) is 49.5 Å². The fourth-order valence-corrected chi connectivity index (χ4v) is 5.17. The number of pyridine rings is 2. The summed E-state index contributed by atoms with van der Waals surface area (Å²) in [7, 11) is 1.95. The zero-order valence-corrected chi connectivity index (χ0v) is 21.8. The summed E-state index contributed by atoms with van der Waals surface area (Å²) >= 11 is 0. The summed E-state index contributed by atoms with van der Waals surface area (Å²) in [5.74, 6) is 1.46. The van der Waals surface area contributed by atoms with E-state index in [4.69, 9.17) is 15.7 Å². The van der Waals surface area contributed by atoms with Crippen molar-refractivity contribution in [3.05, 3.63) is 53.6 Å². The number of aromatic nitrogens is 5. The predicted molar refractivity (Wildman–Crippen MR) is 142 cm³/mol. The van der Waals surface area contributed by atoms with Crippen LogP contribution in [0.3, 0.4) is 0 Å². The average Bonchev–Trinajstić information content (AvgIpc) is 3.38. The molecule has 1 aliphatic heterocycles. The van der Waals surface area contributed by atoms with Crippen molar-refractivity contribution >= 4 is 28.1 Å². The number of fused-ring (bicyclic) bond motifs is 2. The Morgan fingerprint density at radius 2 is 1.97 bits per heavy atom. The van der Waals surface area contributed by atoms with Gasteiger partial charge in [0.2, 0.25) is 0 Å². The van der Waals surface area contributed by atoms with E-state index in [-0.39, 0.29) is 11.8 Å². The standard InChI is InChI=1S/C28H33N7O2/c1-5-17-14-34(15-20(17)29)27(36)19-10-21-25(30-12-19)33(4)26(31-21)22-11-18-8-9-23(28(2,3)37)32-24(18)35(22)13-16-6-7-16/h8-12,15-17,37H,5-7,13-14,29H2,1-4H3/t17-/m1/s1. The van der Waals surface area contributed by atoms with Crippen molar-refractivity contribution < 1.29 is 9.90 Å². The smallest absolute Gasteiger partial charge is 0.259 e. The second-order valence-electron chi connectivity index (χ2n) is 11.0. The Kier molecular flexibility index (Phi) is 5.38. The molecule has 2 aliphatic rings. The fourth-order valence-electron chi connectivity index (χ4n) is 5.17. The van der Waals surface area contributed by atoms with Gasteiger partial charge in [-0.05, 0) is 63.3 Å². The van der Waals surface area contributed by atoms with Gasteiger partial charge in [-0.1, -0.05) is 6.92 Å². The molecule has 0 unspecified atom stereocenters. The zero-order valence-electron chi connectivity index (χ0n) is 21.8. The van der Waals surface area contributed by atoms with E-state index >= 15 is 0 Å². The maximum atomic E-state index is 13.2. The third-order valence-corrected chi connectivity index (χ3v) is 7.64. The van der Waals surface area contributed by atoms with Crippen LogP contribution in [0.4, 0.5) is 0 Å². The van der Waals surface area contributed by atoms with Gasteiger partial charge in [-0.15, -0.1) is 0 Å². The largest absolute Gasteiger partial charge is 0.401 e. The Labute approximate surface area is 215 Å². The van der Waals surface area contributed by atoms with E-state index in [1.807, 2.05) is 29.8 Å². The molecule has 0 radical (unpaired) electrons. The lowest BCUT2D eigenvalue weighted by atomic mass is 10.0. The van der Waals surface area contributed by atoms with Gasteiger partial charge in [0.15, 0.2) is 11.5 Å². The van der Waals surface area contributed by atoms with Gasteiger partial charge in [-0.3, -0.25) is 4.79 Å². The highest BCUT2D eigenvalue weighted by Gasteiger charge is 2.29. The van der Waals surface area contributed by atoms with Crippen molar-refractivity contribution in [1.29, 1.82) is 0 Å². The van der Waals surface area contributed by atoms with E-state index in [0.717, 1.165) is 41.2 Å². The molecule has 4 aromatic rings. The minimum atomic E-state index is -1.03. The summed E-state index contributed by atoms with van der Waals surface area (Å²) in [6.07, 6.45) is 6.67. The lowest BCUT2D eigenvalue weighted by Gasteiger charge is -2.17. The van der Waals surface area contributed by atoms with E-state index in [0.29, 0.717) is 34.9 Å². The molecule has 0 saturated heterocycles. The number of nitrogens with zero attached hydrogens (tertiary/aromatic N) is 6. The minimum absolute atomic E-state index is 0.119. The molecule has 0 bridgehead atoms. The summed E-state index contributed by atoms with van der Waals surface area (Å²) in [6, 6.07) is 7.81.